The molecule has 0 aliphatic heterocycles. The van der Waals surface area contributed by atoms with E-state index in [9.17, 15) is 4.79 Å². The number of fused-ring (bicyclic) bond motifs is 1. The largest absolute Gasteiger partial charge is 0.311 e. The van der Waals surface area contributed by atoms with E-state index in [0.717, 1.165) is 30.5 Å². The van der Waals surface area contributed by atoms with Crippen LogP contribution in [0.25, 0.3) is 0 Å². The normalized spacial score (nSPS) is 30.4. The van der Waals surface area contributed by atoms with Gasteiger partial charge in [-0.25, -0.2) is 4.68 Å². The Labute approximate surface area is 101 Å². The summed E-state index contributed by atoms with van der Waals surface area (Å²) >= 11 is 0. The molecule has 92 valence electrons. The van der Waals surface area contributed by atoms with Gasteiger partial charge in [0.2, 0.25) is 5.91 Å². The van der Waals surface area contributed by atoms with Crippen LogP contribution in [0, 0.1) is 17.8 Å². The van der Waals surface area contributed by atoms with E-state index in [1.165, 1.54) is 6.42 Å². The minimum atomic E-state index is 0.180. The lowest BCUT2D eigenvalue weighted by atomic mass is 10.0. The highest BCUT2D eigenvalue weighted by molar-refractivity contribution is 5.92. The fourth-order valence-corrected chi connectivity index (χ4v) is 2.98. The third-order valence-electron chi connectivity index (χ3n) is 4.03. The second-order valence-electron chi connectivity index (χ2n) is 5.67. The molecule has 17 heavy (non-hydrogen) atoms. The fraction of sp³-hybridized carbons (Fsp3) is 0.692. The van der Waals surface area contributed by atoms with Crippen molar-refractivity contribution in [2.75, 3.05) is 5.32 Å². The van der Waals surface area contributed by atoms with E-state index in [-0.39, 0.29) is 17.9 Å². The molecule has 0 bridgehead atoms. The van der Waals surface area contributed by atoms with Gasteiger partial charge in [-0.05, 0) is 44.9 Å². The quantitative estimate of drug-likeness (QED) is 0.871. The Balaban J connectivity index is 1.65. The number of nitrogens with one attached hydrogen (secondary N) is 1. The average molecular weight is 233 g/mol. The summed E-state index contributed by atoms with van der Waals surface area (Å²) in [5.41, 5.74) is 0. The van der Waals surface area contributed by atoms with Gasteiger partial charge < -0.3 is 5.32 Å². The first kappa shape index (κ1) is 10.8. The van der Waals surface area contributed by atoms with E-state index in [0.29, 0.717) is 0 Å². The smallest absolute Gasteiger partial charge is 0.228 e. The molecule has 0 saturated heterocycles. The first-order valence-corrected chi connectivity index (χ1v) is 6.49. The van der Waals surface area contributed by atoms with Gasteiger partial charge in [0.25, 0.3) is 0 Å². The molecule has 0 spiro atoms. The Morgan fingerprint density at radius 2 is 2.12 bits per heavy atom. The molecule has 2 aliphatic rings. The Kier molecular flexibility index (Phi) is 2.45. The zero-order chi connectivity index (χ0) is 12.0. The van der Waals surface area contributed by atoms with Crippen LogP contribution in [0.15, 0.2) is 12.3 Å². The first-order chi connectivity index (χ1) is 8.15. The highest BCUT2D eigenvalue weighted by Crippen LogP contribution is 2.54. The van der Waals surface area contributed by atoms with Gasteiger partial charge in [0, 0.05) is 18.0 Å². The number of anilines is 1. The Morgan fingerprint density at radius 1 is 1.41 bits per heavy atom. The molecule has 2 saturated carbocycles. The van der Waals surface area contributed by atoms with E-state index >= 15 is 0 Å². The predicted molar refractivity (Wildman–Crippen MR) is 65.6 cm³/mol. The van der Waals surface area contributed by atoms with Gasteiger partial charge in [-0.3, -0.25) is 4.79 Å². The van der Waals surface area contributed by atoms with E-state index in [2.05, 4.69) is 24.3 Å². The summed E-state index contributed by atoms with van der Waals surface area (Å²) in [5, 5.41) is 7.24. The van der Waals surface area contributed by atoms with Crippen molar-refractivity contribution in [2.24, 2.45) is 17.8 Å². The third-order valence-corrected chi connectivity index (χ3v) is 4.03. The van der Waals surface area contributed by atoms with E-state index < -0.39 is 0 Å². The monoisotopic (exact) mass is 233 g/mol. The van der Waals surface area contributed by atoms with Crippen LogP contribution < -0.4 is 5.32 Å². The molecule has 2 atom stereocenters. The number of nitrogens with zero attached hydrogens (tertiary/aromatic N) is 2. The summed E-state index contributed by atoms with van der Waals surface area (Å²) in [6, 6.07) is 2.14. The molecule has 1 heterocycles. The first-order valence-electron chi connectivity index (χ1n) is 6.49. The molecular formula is C13H19N3O. The van der Waals surface area contributed by atoms with Crippen LogP contribution in [0.5, 0.6) is 0 Å². The van der Waals surface area contributed by atoms with Crippen LogP contribution in [-0.4, -0.2) is 15.7 Å². The standard InChI is InChI=1S/C13H19N3O/c1-8(2)16-12(3-4-14-16)15-13(17)11-6-9-5-10(9)7-11/h3-4,8-11H,5-7H2,1-2H3,(H,15,17). The van der Waals surface area contributed by atoms with E-state index in [4.69, 9.17) is 0 Å². The van der Waals surface area contributed by atoms with Crippen LogP contribution in [0.3, 0.4) is 0 Å². The number of rotatable bonds is 3. The molecule has 4 nitrogen and oxygen atoms in total. The summed E-state index contributed by atoms with van der Waals surface area (Å²) in [5.74, 6) is 2.93. The third kappa shape index (κ3) is 1.96. The number of aromatic nitrogens is 2. The van der Waals surface area contributed by atoms with Crippen molar-refractivity contribution in [2.45, 2.75) is 39.2 Å². The average Bonchev–Trinajstić information content (AvgIpc) is 2.75. The van der Waals surface area contributed by atoms with Crippen LogP contribution in [0.2, 0.25) is 0 Å². The van der Waals surface area contributed by atoms with Crippen molar-refractivity contribution in [1.29, 1.82) is 0 Å². The molecule has 4 heteroatoms. The summed E-state index contributed by atoms with van der Waals surface area (Å²) in [4.78, 5) is 12.1. The van der Waals surface area contributed by atoms with Crippen molar-refractivity contribution in [3.8, 4) is 0 Å². The highest BCUT2D eigenvalue weighted by atomic mass is 16.2. The zero-order valence-electron chi connectivity index (χ0n) is 10.4. The number of amides is 1. The molecule has 0 aromatic carbocycles. The van der Waals surface area contributed by atoms with Crippen molar-refractivity contribution >= 4 is 11.7 Å². The molecule has 2 fully saturated rings. The summed E-state index contributed by atoms with van der Waals surface area (Å²) in [6.45, 7) is 4.13. The van der Waals surface area contributed by atoms with Gasteiger partial charge in [0.15, 0.2) is 0 Å². The number of carbonyl (C=O) groups excluding carboxylic acids is 1. The molecule has 2 unspecified atom stereocenters. The van der Waals surface area contributed by atoms with Crippen molar-refractivity contribution in [1.82, 2.24) is 9.78 Å². The van der Waals surface area contributed by atoms with Gasteiger partial charge in [-0.2, -0.15) is 5.10 Å². The van der Waals surface area contributed by atoms with Gasteiger partial charge >= 0.3 is 0 Å². The summed E-state index contributed by atoms with van der Waals surface area (Å²) in [7, 11) is 0. The minimum Gasteiger partial charge on any atom is -0.311 e. The van der Waals surface area contributed by atoms with Crippen molar-refractivity contribution < 1.29 is 4.79 Å². The fourth-order valence-electron chi connectivity index (χ4n) is 2.98. The van der Waals surface area contributed by atoms with Crippen LogP contribution in [0.1, 0.15) is 39.2 Å². The Bertz CT molecular complexity index is 428. The summed E-state index contributed by atoms with van der Waals surface area (Å²) in [6.07, 6.45) is 5.27. The minimum absolute atomic E-state index is 0.180. The number of hydrogen-bond donors (Lipinski definition) is 1. The highest BCUT2D eigenvalue weighted by Gasteiger charge is 2.48. The lowest BCUT2D eigenvalue weighted by molar-refractivity contribution is -0.120. The van der Waals surface area contributed by atoms with Crippen molar-refractivity contribution in [3.05, 3.63) is 12.3 Å². The zero-order valence-corrected chi connectivity index (χ0v) is 10.4. The second kappa shape index (κ2) is 3.86. The van der Waals surface area contributed by atoms with Gasteiger partial charge in [0.1, 0.15) is 5.82 Å². The lowest BCUT2D eigenvalue weighted by Gasteiger charge is -2.15. The van der Waals surface area contributed by atoms with Gasteiger partial charge in [-0.1, -0.05) is 0 Å². The molecule has 1 amide bonds. The SMILES string of the molecule is CC(C)n1nccc1NC(=O)C1CC2CC2C1. The maximum atomic E-state index is 12.1. The van der Waals surface area contributed by atoms with Crippen LogP contribution in [-0.2, 0) is 4.79 Å². The van der Waals surface area contributed by atoms with Crippen LogP contribution >= 0.6 is 0 Å². The van der Waals surface area contributed by atoms with Crippen LogP contribution in [0.4, 0.5) is 5.82 Å². The predicted octanol–water partition coefficient (Wildman–Crippen LogP) is 2.45. The lowest BCUT2D eigenvalue weighted by Crippen LogP contribution is -2.23. The number of carbonyl (C=O) groups is 1. The van der Waals surface area contributed by atoms with E-state index in [1.807, 2.05) is 10.7 Å². The van der Waals surface area contributed by atoms with Gasteiger partial charge in [0.05, 0.1) is 6.20 Å². The molecule has 1 aromatic rings. The molecule has 1 N–H and O–H groups in total. The van der Waals surface area contributed by atoms with Gasteiger partial charge in [-0.15, -0.1) is 0 Å². The molecule has 2 aliphatic carbocycles. The Morgan fingerprint density at radius 3 is 2.76 bits per heavy atom. The van der Waals surface area contributed by atoms with E-state index in [1.54, 1.807) is 6.20 Å². The molecular weight excluding hydrogens is 214 g/mol. The maximum absolute atomic E-state index is 12.1. The topological polar surface area (TPSA) is 46.9 Å². The second-order valence-corrected chi connectivity index (χ2v) is 5.67. The summed E-state index contributed by atoms with van der Waals surface area (Å²) < 4.78 is 1.85. The molecule has 0 radical (unpaired) electrons. The van der Waals surface area contributed by atoms with Crippen molar-refractivity contribution in [3.63, 3.8) is 0 Å². The maximum Gasteiger partial charge on any atom is 0.228 e. The molecule has 3 rings (SSSR count). The Hall–Kier alpha value is -1.32. The molecule has 1 aromatic heterocycles. The number of hydrogen-bond acceptors (Lipinski definition) is 2.